The molecule has 134 valence electrons. The summed E-state index contributed by atoms with van der Waals surface area (Å²) in [7, 11) is 0. The van der Waals surface area contributed by atoms with Crippen LogP contribution in [0, 0.1) is 0 Å². The fourth-order valence-electron chi connectivity index (χ4n) is 3.58. The van der Waals surface area contributed by atoms with E-state index in [1.165, 1.54) is 0 Å². The van der Waals surface area contributed by atoms with Gasteiger partial charge in [0.25, 0.3) is 0 Å². The van der Waals surface area contributed by atoms with E-state index in [-0.39, 0.29) is 5.91 Å². The third-order valence-electron chi connectivity index (χ3n) is 4.96. The molecule has 2 aromatic rings. The van der Waals surface area contributed by atoms with E-state index in [9.17, 15) is 4.79 Å². The summed E-state index contributed by atoms with van der Waals surface area (Å²) in [5.74, 6) is 1.19. The van der Waals surface area contributed by atoms with Crippen molar-refractivity contribution in [1.29, 1.82) is 0 Å². The molecule has 0 aromatic carbocycles. The molecule has 4 rings (SSSR count). The quantitative estimate of drug-likeness (QED) is 0.759. The largest absolute Gasteiger partial charge is 0.453 e. The summed E-state index contributed by atoms with van der Waals surface area (Å²) in [5.41, 5.74) is 2.09. The molecule has 0 bridgehead atoms. The van der Waals surface area contributed by atoms with E-state index < -0.39 is 0 Å². The van der Waals surface area contributed by atoms with Crippen LogP contribution in [0.25, 0.3) is 0 Å². The van der Waals surface area contributed by atoms with E-state index in [1.54, 1.807) is 0 Å². The predicted molar refractivity (Wildman–Crippen MR) is 94.7 cm³/mol. The zero-order valence-electron chi connectivity index (χ0n) is 14.2. The van der Waals surface area contributed by atoms with Gasteiger partial charge in [-0.3, -0.25) is 9.69 Å². The van der Waals surface area contributed by atoms with Crippen molar-refractivity contribution in [3.63, 3.8) is 0 Å². The van der Waals surface area contributed by atoms with Gasteiger partial charge in [-0.2, -0.15) is 0 Å². The zero-order chi connectivity index (χ0) is 17.2. The van der Waals surface area contributed by atoms with Crippen LogP contribution in [-0.4, -0.2) is 50.3 Å². The SMILES string of the molecule is O=C(CCc1nnn2c1CN(Cc1ccc(Br)o1)CC2)N1CCCC1. The second-order valence-electron chi connectivity index (χ2n) is 6.71. The molecule has 0 unspecified atom stereocenters. The van der Waals surface area contributed by atoms with E-state index in [0.29, 0.717) is 12.8 Å². The topological polar surface area (TPSA) is 67.4 Å². The molecule has 0 spiro atoms. The molecule has 0 atom stereocenters. The lowest BCUT2D eigenvalue weighted by Gasteiger charge is -2.26. The van der Waals surface area contributed by atoms with Crippen LogP contribution < -0.4 is 0 Å². The van der Waals surface area contributed by atoms with E-state index in [4.69, 9.17) is 4.42 Å². The Morgan fingerprint density at radius 2 is 2.04 bits per heavy atom. The molecule has 7 nitrogen and oxygen atoms in total. The molecular weight excluding hydrogens is 386 g/mol. The average molecular weight is 408 g/mol. The highest BCUT2D eigenvalue weighted by atomic mass is 79.9. The summed E-state index contributed by atoms with van der Waals surface area (Å²) in [6.07, 6.45) is 3.46. The Morgan fingerprint density at radius 1 is 1.20 bits per heavy atom. The van der Waals surface area contributed by atoms with Gasteiger partial charge in [0.15, 0.2) is 4.67 Å². The number of hydrogen-bond acceptors (Lipinski definition) is 5. The molecule has 0 radical (unpaired) electrons. The molecule has 0 saturated carbocycles. The van der Waals surface area contributed by atoms with Crippen molar-refractivity contribution in [3.8, 4) is 0 Å². The van der Waals surface area contributed by atoms with Crippen molar-refractivity contribution in [2.75, 3.05) is 19.6 Å². The number of nitrogens with zero attached hydrogens (tertiary/aromatic N) is 5. The van der Waals surface area contributed by atoms with Gasteiger partial charge in [-0.05, 0) is 40.9 Å². The Hall–Kier alpha value is -1.67. The number of aromatic nitrogens is 3. The maximum atomic E-state index is 12.3. The molecule has 8 heteroatoms. The van der Waals surface area contributed by atoms with Gasteiger partial charge >= 0.3 is 0 Å². The Bertz CT molecular complexity index is 750. The van der Waals surface area contributed by atoms with Gasteiger partial charge in [0, 0.05) is 39.0 Å². The minimum atomic E-state index is 0.243. The Balaban J connectivity index is 1.37. The highest BCUT2D eigenvalue weighted by Gasteiger charge is 2.24. The first-order valence-corrected chi connectivity index (χ1v) is 9.64. The first kappa shape index (κ1) is 16.8. The van der Waals surface area contributed by atoms with E-state index in [1.807, 2.05) is 21.7 Å². The number of halogens is 1. The first-order chi connectivity index (χ1) is 12.2. The van der Waals surface area contributed by atoms with Crippen LogP contribution in [-0.2, 0) is 30.8 Å². The van der Waals surface area contributed by atoms with Crippen molar-refractivity contribution in [3.05, 3.63) is 34.0 Å². The number of hydrogen-bond donors (Lipinski definition) is 0. The van der Waals surface area contributed by atoms with Crippen molar-refractivity contribution in [1.82, 2.24) is 24.8 Å². The Morgan fingerprint density at radius 3 is 2.80 bits per heavy atom. The van der Waals surface area contributed by atoms with Gasteiger partial charge in [0.05, 0.1) is 24.5 Å². The Kier molecular flexibility index (Phi) is 4.89. The second-order valence-corrected chi connectivity index (χ2v) is 7.49. The van der Waals surface area contributed by atoms with Crippen LogP contribution in [0.3, 0.4) is 0 Å². The number of fused-ring (bicyclic) bond motifs is 1. The van der Waals surface area contributed by atoms with Gasteiger partial charge in [-0.15, -0.1) is 5.10 Å². The molecule has 0 N–H and O–H groups in total. The highest BCUT2D eigenvalue weighted by molar-refractivity contribution is 9.10. The average Bonchev–Trinajstić information content (AvgIpc) is 3.34. The molecule has 1 saturated heterocycles. The molecule has 4 heterocycles. The minimum absolute atomic E-state index is 0.243. The molecule has 0 aliphatic carbocycles. The zero-order valence-corrected chi connectivity index (χ0v) is 15.7. The van der Waals surface area contributed by atoms with E-state index >= 15 is 0 Å². The second kappa shape index (κ2) is 7.29. The molecule has 1 fully saturated rings. The van der Waals surface area contributed by atoms with Crippen molar-refractivity contribution in [2.45, 2.75) is 45.3 Å². The number of carbonyl (C=O) groups excluding carboxylic acids is 1. The van der Waals surface area contributed by atoms with Crippen LogP contribution in [0.4, 0.5) is 0 Å². The van der Waals surface area contributed by atoms with Gasteiger partial charge in [0.1, 0.15) is 5.76 Å². The number of likely N-dealkylation sites (tertiary alicyclic amines) is 1. The van der Waals surface area contributed by atoms with Crippen molar-refractivity contribution < 1.29 is 9.21 Å². The number of carbonyl (C=O) groups is 1. The maximum Gasteiger partial charge on any atom is 0.222 e. The summed E-state index contributed by atoms with van der Waals surface area (Å²) < 4.78 is 8.34. The van der Waals surface area contributed by atoms with Crippen LogP contribution in [0.1, 0.15) is 36.4 Å². The monoisotopic (exact) mass is 407 g/mol. The number of furan rings is 1. The van der Waals surface area contributed by atoms with Gasteiger partial charge in [-0.25, -0.2) is 4.68 Å². The minimum Gasteiger partial charge on any atom is -0.453 e. The molecule has 1 amide bonds. The smallest absolute Gasteiger partial charge is 0.222 e. The standard InChI is InChI=1S/C17H22BrN5O2/c18-16-5-3-13(25-16)11-21-9-10-23-15(12-21)14(19-20-23)4-6-17(24)22-7-1-2-8-22/h3,5H,1-2,4,6-12H2. The van der Waals surface area contributed by atoms with Crippen LogP contribution in [0.5, 0.6) is 0 Å². The van der Waals surface area contributed by atoms with Crippen molar-refractivity contribution >= 4 is 21.8 Å². The lowest BCUT2D eigenvalue weighted by Crippen LogP contribution is -2.34. The van der Waals surface area contributed by atoms with Crippen LogP contribution >= 0.6 is 15.9 Å². The molecule has 25 heavy (non-hydrogen) atoms. The summed E-state index contributed by atoms with van der Waals surface area (Å²) in [5, 5.41) is 8.59. The lowest BCUT2D eigenvalue weighted by molar-refractivity contribution is -0.130. The molecular formula is C17H22BrN5O2. The van der Waals surface area contributed by atoms with Gasteiger partial charge < -0.3 is 9.32 Å². The number of amides is 1. The number of aryl methyl sites for hydroxylation is 1. The molecule has 2 aliphatic heterocycles. The van der Waals surface area contributed by atoms with Crippen molar-refractivity contribution in [2.24, 2.45) is 0 Å². The summed E-state index contributed by atoms with van der Waals surface area (Å²) >= 11 is 3.34. The summed E-state index contributed by atoms with van der Waals surface area (Å²) in [4.78, 5) is 16.6. The lowest BCUT2D eigenvalue weighted by atomic mass is 10.1. The fourth-order valence-corrected chi connectivity index (χ4v) is 3.92. The first-order valence-electron chi connectivity index (χ1n) is 8.84. The molecule has 2 aromatic heterocycles. The Labute approximate surface area is 155 Å². The predicted octanol–water partition coefficient (Wildman–Crippen LogP) is 2.20. The van der Waals surface area contributed by atoms with Gasteiger partial charge in [0.2, 0.25) is 5.91 Å². The molecule has 2 aliphatic rings. The summed E-state index contributed by atoms with van der Waals surface area (Å²) in [6.45, 7) is 5.11. The van der Waals surface area contributed by atoms with E-state index in [0.717, 1.165) is 73.9 Å². The van der Waals surface area contributed by atoms with Crippen LogP contribution in [0.15, 0.2) is 21.2 Å². The van der Waals surface area contributed by atoms with E-state index in [2.05, 4.69) is 31.1 Å². The number of rotatable bonds is 5. The fraction of sp³-hybridized carbons (Fsp3) is 0.588. The van der Waals surface area contributed by atoms with Gasteiger partial charge in [-0.1, -0.05) is 5.21 Å². The normalized spacial score (nSPS) is 17.9. The van der Waals surface area contributed by atoms with Crippen LogP contribution in [0.2, 0.25) is 0 Å². The third kappa shape index (κ3) is 3.79. The third-order valence-corrected chi connectivity index (χ3v) is 5.39. The maximum absolute atomic E-state index is 12.3. The summed E-state index contributed by atoms with van der Waals surface area (Å²) in [6, 6.07) is 3.91. The highest BCUT2D eigenvalue weighted by Crippen LogP contribution is 2.21.